The molecule has 0 amide bonds. The number of aromatic nitrogens is 1. The molecule has 100 valence electrons. The number of halogens is 1. The number of pyridine rings is 1. The molecule has 0 atom stereocenters. The molecule has 3 rings (SSSR count). The lowest BCUT2D eigenvalue weighted by atomic mass is 9.62. The number of benzene rings is 1. The van der Waals surface area contributed by atoms with Gasteiger partial charge in [0.25, 0.3) is 0 Å². The zero-order valence-corrected chi connectivity index (χ0v) is 12.5. The van der Waals surface area contributed by atoms with Crippen molar-refractivity contribution in [2.45, 2.75) is 24.3 Å². The maximum absolute atomic E-state index is 9.51. The molecule has 1 aliphatic carbocycles. The maximum Gasteiger partial charge on any atom is 0.106 e. The van der Waals surface area contributed by atoms with Gasteiger partial charge in [0.05, 0.1) is 23.4 Å². The Morgan fingerprint density at radius 1 is 1.20 bits per heavy atom. The zero-order valence-electron chi connectivity index (χ0n) is 10.9. The van der Waals surface area contributed by atoms with Crippen LogP contribution in [0.2, 0.25) is 0 Å². The number of hydrogen-bond acceptors (Lipinski definition) is 3. The van der Waals surface area contributed by atoms with Crippen molar-refractivity contribution in [1.29, 1.82) is 5.26 Å². The highest BCUT2D eigenvalue weighted by atomic mass is 79.9. The molecule has 1 N–H and O–H groups in total. The second-order valence-corrected chi connectivity index (χ2v) is 5.99. The molecule has 20 heavy (non-hydrogen) atoms. The lowest BCUT2D eigenvalue weighted by Gasteiger charge is -2.43. The number of rotatable bonds is 3. The summed E-state index contributed by atoms with van der Waals surface area (Å²) in [7, 11) is 0. The van der Waals surface area contributed by atoms with Crippen molar-refractivity contribution in [3.8, 4) is 6.07 Å². The van der Waals surface area contributed by atoms with Crippen molar-refractivity contribution in [2.24, 2.45) is 0 Å². The fourth-order valence-electron chi connectivity index (χ4n) is 2.73. The Bertz CT molecular complexity index is 625. The zero-order chi connectivity index (χ0) is 14.0. The number of nitrogens with zero attached hydrogens (tertiary/aromatic N) is 2. The van der Waals surface area contributed by atoms with Crippen molar-refractivity contribution < 1.29 is 0 Å². The molecule has 1 aromatic heterocycles. The smallest absolute Gasteiger partial charge is 0.106 e. The van der Waals surface area contributed by atoms with Crippen LogP contribution in [0.25, 0.3) is 0 Å². The molecule has 0 bridgehead atoms. The Kier molecular flexibility index (Phi) is 3.45. The van der Waals surface area contributed by atoms with E-state index in [4.69, 9.17) is 0 Å². The van der Waals surface area contributed by atoms with Crippen molar-refractivity contribution in [3.05, 3.63) is 58.8 Å². The highest BCUT2D eigenvalue weighted by Crippen LogP contribution is 2.44. The summed E-state index contributed by atoms with van der Waals surface area (Å²) in [6.45, 7) is 0. The van der Waals surface area contributed by atoms with E-state index in [0.29, 0.717) is 6.04 Å². The lowest BCUT2D eigenvalue weighted by molar-refractivity contribution is 0.289. The summed E-state index contributed by atoms with van der Waals surface area (Å²) in [5.74, 6) is 0. The Morgan fingerprint density at radius 2 is 1.95 bits per heavy atom. The van der Waals surface area contributed by atoms with E-state index >= 15 is 0 Å². The van der Waals surface area contributed by atoms with Gasteiger partial charge in [-0.05, 0) is 46.5 Å². The summed E-state index contributed by atoms with van der Waals surface area (Å²) in [5, 5.41) is 12.9. The molecule has 0 radical (unpaired) electrons. The summed E-state index contributed by atoms with van der Waals surface area (Å²) in [6, 6.07) is 16.8. The van der Waals surface area contributed by atoms with Gasteiger partial charge in [-0.15, -0.1) is 0 Å². The minimum absolute atomic E-state index is 0.331. The van der Waals surface area contributed by atoms with Crippen molar-refractivity contribution in [3.63, 3.8) is 0 Å². The first kappa shape index (κ1) is 13.1. The van der Waals surface area contributed by atoms with Gasteiger partial charge in [-0.1, -0.05) is 30.3 Å². The Labute approximate surface area is 126 Å². The number of nitriles is 1. The normalized spacial score (nSPS) is 24.5. The first-order valence-electron chi connectivity index (χ1n) is 6.57. The van der Waals surface area contributed by atoms with Gasteiger partial charge in [0.1, 0.15) is 4.60 Å². The molecular formula is C16H14BrN3. The minimum Gasteiger partial charge on any atom is -0.381 e. The molecule has 0 aliphatic heterocycles. The second kappa shape index (κ2) is 5.26. The molecule has 1 saturated carbocycles. The van der Waals surface area contributed by atoms with Crippen LogP contribution in [0.15, 0.2) is 53.3 Å². The molecule has 1 fully saturated rings. The van der Waals surface area contributed by atoms with Gasteiger partial charge in [0, 0.05) is 6.04 Å². The Morgan fingerprint density at radius 3 is 2.55 bits per heavy atom. The first-order valence-corrected chi connectivity index (χ1v) is 7.36. The molecule has 0 unspecified atom stereocenters. The van der Waals surface area contributed by atoms with Gasteiger partial charge >= 0.3 is 0 Å². The van der Waals surface area contributed by atoms with E-state index in [9.17, 15) is 5.26 Å². The molecule has 3 nitrogen and oxygen atoms in total. The molecule has 0 saturated heterocycles. The lowest BCUT2D eigenvalue weighted by Crippen LogP contribution is -2.47. The Balaban J connectivity index is 1.68. The summed E-state index contributed by atoms with van der Waals surface area (Å²) < 4.78 is 0.826. The molecule has 1 heterocycles. The van der Waals surface area contributed by atoms with Crippen LogP contribution in [-0.4, -0.2) is 11.0 Å². The van der Waals surface area contributed by atoms with Crippen LogP contribution in [0.3, 0.4) is 0 Å². The van der Waals surface area contributed by atoms with Gasteiger partial charge in [0.15, 0.2) is 0 Å². The quantitative estimate of drug-likeness (QED) is 0.870. The van der Waals surface area contributed by atoms with Crippen molar-refractivity contribution in [2.75, 3.05) is 5.32 Å². The van der Waals surface area contributed by atoms with Gasteiger partial charge in [-0.2, -0.15) is 5.26 Å². The first-order chi connectivity index (χ1) is 9.72. The topological polar surface area (TPSA) is 48.7 Å². The van der Waals surface area contributed by atoms with Gasteiger partial charge in [-0.3, -0.25) is 0 Å². The molecule has 1 aliphatic rings. The number of anilines is 1. The van der Waals surface area contributed by atoms with Crippen LogP contribution in [0, 0.1) is 11.3 Å². The predicted octanol–water partition coefficient (Wildman–Crippen LogP) is 3.88. The van der Waals surface area contributed by atoms with Crippen LogP contribution in [0.1, 0.15) is 18.4 Å². The van der Waals surface area contributed by atoms with Crippen LogP contribution in [0.4, 0.5) is 5.69 Å². The van der Waals surface area contributed by atoms with E-state index in [1.807, 2.05) is 42.5 Å². The fourth-order valence-corrected chi connectivity index (χ4v) is 2.96. The maximum atomic E-state index is 9.51. The van der Waals surface area contributed by atoms with Gasteiger partial charge < -0.3 is 5.32 Å². The van der Waals surface area contributed by atoms with Crippen LogP contribution >= 0.6 is 15.9 Å². The Hall–Kier alpha value is -1.86. The van der Waals surface area contributed by atoms with E-state index in [1.54, 1.807) is 6.20 Å². The summed E-state index contributed by atoms with van der Waals surface area (Å²) in [4.78, 5) is 4.19. The average molecular weight is 328 g/mol. The largest absolute Gasteiger partial charge is 0.381 e. The highest BCUT2D eigenvalue weighted by molar-refractivity contribution is 9.10. The fraction of sp³-hybridized carbons (Fsp3) is 0.250. The van der Waals surface area contributed by atoms with Crippen molar-refractivity contribution in [1.82, 2.24) is 4.98 Å². The monoisotopic (exact) mass is 327 g/mol. The third-order valence-electron chi connectivity index (χ3n) is 3.83. The van der Waals surface area contributed by atoms with E-state index < -0.39 is 0 Å². The number of hydrogen-bond donors (Lipinski definition) is 1. The minimum atomic E-state index is -0.332. The summed E-state index contributed by atoms with van der Waals surface area (Å²) in [5.41, 5.74) is 1.79. The molecule has 2 aromatic rings. The van der Waals surface area contributed by atoms with E-state index in [2.05, 4.69) is 32.3 Å². The predicted molar refractivity (Wildman–Crippen MR) is 82.3 cm³/mol. The van der Waals surface area contributed by atoms with Gasteiger partial charge in [0.2, 0.25) is 0 Å². The molecular weight excluding hydrogens is 314 g/mol. The molecule has 0 spiro atoms. The number of nitrogens with one attached hydrogen (secondary N) is 1. The van der Waals surface area contributed by atoms with Crippen LogP contribution < -0.4 is 5.32 Å². The van der Waals surface area contributed by atoms with E-state index in [1.165, 1.54) is 0 Å². The third-order valence-corrected chi connectivity index (χ3v) is 4.30. The summed E-state index contributed by atoms with van der Waals surface area (Å²) in [6.07, 6.45) is 3.48. The third kappa shape index (κ3) is 2.41. The van der Waals surface area contributed by atoms with Gasteiger partial charge in [-0.25, -0.2) is 4.98 Å². The average Bonchev–Trinajstić information content (AvgIpc) is 2.45. The highest BCUT2D eigenvalue weighted by Gasteiger charge is 2.46. The molecule has 1 aromatic carbocycles. The van der Waals surface area contributed by atoms with Crippen molar-refractivity contribution >= 4 is 21.6 Å². The van der Waals surface area contributed by atoms with Crippen LogP contribution in [0.5, 0.6) is 0 Å². The van der Waals surface area contributed by atoms with Crippen LogP contribution in [-0.2, 0) is 5.41 Å². The SMILES string of the molecule is N#CC1(c2ccccc2)CC(Nc2ccc(Br)nc2)C1. The standard InChI is InChI=1S/C16H14BrN3/c17-15-7-6-13(10-19-15)20-14-8-16(9-14,11-18)12-4-2-1-3-5-12/h1-7,10,14,20H,8-9H2. The summed E-state index contributed by atoms with van der Waals surface area (Å²) >= 11 is 3.32. The second-order valence-electron chi connectivity index (χ2n) is 5.18. The van der Waals surface area contributed by atoms with E-state index in [-0.39, 0.29) is 5.41 Å². The molecule has 4 heteroatoms. The van der Waals surface area contributed by atoms with E-state index in [0.717, 1.165) is 28.7 Å².